The molecule has 4 rings (SSSR count). The van der Waals surface area contributed by atoms with E-state index in [2.05, 4.69) is 20.8 Å². The molecule has 10 nitrogen and oxygen atoms in total. The summed E-state index contributed by atoms with van der Waals surface area (Å²) in [4.78, 5) is 22.7. The minimum atomic E-state index is -0.373. The molecule has 0 bridgehead atoms. The van der Waals surface area contributed by atoms with Crippen LogP contribution in [0.4, 0.5) is 11.4 Å². The molecule has 0 saturated carbocycles. The van der Waals surface area contributed by atoms with Crippen molar-refractivity contribution in [2.45, 2.75) is 24.4 Å². The fourth-order valence-electron chi connectivity index (χ4n) is 3.64. The number of carbonyl (C=O) groups excluding carboxylic acids is 1. The summed E-state index contributed by atoms with van der Waals surface area (Å²) in [6.45, 7) is 2.04. The van der Waals surface area contributed by atoms with Gasteiger partial charge in [-0.15, -0.1) is 5.10 Å². The van der Waals surface area contributed by atoms with Crippen molar-refractivity contribution in [3.05, 3.63) is 48.0 Å². The van der Waals surface area contributed by atoms with Crippen molar-refractivity contribution in [2.75, 3.05) is 20.0 Å². The van der Waals surface area contributed by atoms with Gasteiger partial charge in [0.2, 0.25) is 11.1 Å². The highest BCUT2D eigenvalue weighted by Gasteiger charge is 2.29. The number of tetrazole rings is 1. The monoisotopic (exact) mass is 479 g/mol. The molecule has 0 fully saturated rings. The van der Waals surface area contributed by atoms with Crippen molar-refractivity contribution in [1.29, 1.82) is 0 Å². The maximum absolute atomic E-state index is 13.0. The van der Waals surface area contributed by atoms with E-state index in [4.69, 9.17) is 19.5 Å². The minimum absolute atomic E-state index is 0.131. The zero-order valence-electron chi connectivity index (χ0n) is 19.3. The highest BCUT2D eigenvalue weighted by molar-refractivity contribution is 7.99. The van der Waals surface area contributed by atoms with Crippen LogP contribution >= 0.6 is 11.8 Å². The number of para-hydroxylation sites is 2. The van der Waals surface area contributed by atoms with Crippen LogP contribution in [0.1, 0.15) is 24.8 Å². The van der Waals surface area contributed by atoms with Gasteiger partial charge in [0.05, 0.1) is 37.3 Å². The van der Waals surface area contributed by atoms with E-state index in [1.807, 2.05) is 49.4 Å². The lowest BCUT2D eigenvalue weighted by molar-refractivity contribution is -0.117. The summed E-state index contributed by atoms with van der Waals surface area (Å²) in [6.07, 6.45) is 0.668. The highest BCUT2D eigenvalue weighted by Crippen LogP contribution is 2.37. The van der Waals surface area contributed by atoms with Crippen molar-refractivity contribution < 1.29 is 14.3 Å². The second kappa shape index (κ2) is 10.5. The molecular formula is C23H25N7O3S. The number of hydrogen-bond donors (Lipinski definition) is 1. The number of hydrogen-bond acceptors (Lipinski definition) is 9. The fourth-order valence-corrected chi connectivity index (χ4v) is 4.29. The van der Waals surface area contributed by atoms with Gasteiger partial charge in [0.25, 0.3) is 0 Å². The smallest absolute Gasteiger partial charge is 0.235 e. The second-order valence-electron chi connectivity index (χ2n) is 7.41. The molecule has 0 aliphatic carbocycles. The van der Waals surface area contributed by atoms with Crippen LogP contribution < -0.4 is 14.8 Å². The Balaban J connectivity index is 1.72. The third-order valence-corrected chi connectivity index (χ3v) is 6.29. The first-order chi connectivity index (χ1) is 16.5. The quantitative estimate of drug-likeness (QED) is 0.516. The summed E-state index contributed by atoms with van der Waals surface area (Å²) in [5.41, 5.74) is 3.21. The van der Waals surface area contributed by atoms with Crippen molar-refractivity contribution in [1.82, 2.24) is 25.5 Å². The van der Waals surface area contributed by atoms with Gasteiger partial charge in [-0.25, -0.2) is 9.67 Å². The lowest BCUT2D eigenvalue weighted by Crippen LogP contribution is -2.38. The maximum atomic E-state index is 13.0. The number of amides is 1. The van der Waals surface area contributed by atoms with Crippen LogP contribution in [-0.2, 0) is 11.8 Å². The van der Waals surface area contributed by atoms with E-state index in [0.29, 0.717) is 34.6 Å². The van der Waals surface area contributed by atoms with Crippen LogP contribution in [0.3, 0.4) is 0 Å². The third-order valence-electron chi connectivity index (χ3n) is 5.28. The van der Waals surface area contributed by atoms with E-state index in [-0.39, 0.29) is 17.6 Å². The fraction of sp³-hybridized carbons (Fsp3) is 0.304. The topological polar surface area (TPSA) is 116 Å². The molecule has 1 aliphatic heterocycles. The summed E-state index contributed by atoms with van der Waals surface area (Å²) in [5.74, 6) is 1.25. The van der Waals surface area contributed by atoms with Crippen LogP contribution in [0.5, 0.6) is 11.5 Å². The maximum Gasteiger partial charge on any atom is 0.235 e. The lowest BCUT2D eigenvalue weighted by Gasteiger charge is -2.22. The number of aryl methyl sites for hydroxylation is 1. The Bertz CT molecular complexity index is 1250. The van der Waals surface area contributed by atoms with Gasteiger partial charge in [-0.1, -0.05) is 36.9 Å². The van der Waals surface area contributed by atoms with Gasteiger partial charge in [-0.2, -0.15) is 0 Å². The molecule has 0 radical (unpaired) electrons. The van der Waals surface area contributed by atoms with Gasteiger partial charge in [-0.05, 0) is 46.7 Å². The van der Waals surface area contributed by atoms with Crippen LogP contribution in [0, 0.1) is 0 Å². The number of fused-ring (bicyclic) bond motifs is 1. The predicted molar refractivity (Wildman–Crippen MR) is 131 cm³/mol. The molecule has 0 unspecified atom stereocenters. The van der Waals surface area contributed by atoms with Gasteiger partial charge in [0.1, 0.15) is 5.84 Å². The normalized spacial score (nSPS) is 15.0. The Morgan fingerprint density at radius 3 is 2.47 bits per heavy atom. The number of thioether (sulfide) groups is 1. The number of aliphatic imine (C=N–C) groups is 2. The molecule has 1 aliphatic rings. The number of benzene rings is 2. The van der Waals surface area contributed by atoms with E-state index in [0.717, 1.165) is 17.0 Å². The Kier molecular flexibility index (Phi) is 7.21. The van der Waals surface area contributed by atoms with E-state index >= 15 is 0 Å². The molecule has 2 aromatic carbocycles. The summed E-state index contributed by atoms with van der Waals surface area (Å²) in [5, 5.41) is 14.9. The standard InChI is InChI=1S/C23H25N7O3S/c1-5-15-21(14-10-11-18(32-3)19(12-14)33-4)22(25-17-9-7-6-8-16(17)24-15)26-20(31)13-34-23-27-28-29-30(23)2/h6-12,21H,5,13H2,1-4H3,(H,25,26,31)/t21-/m1/s1. The number of aromatic nitrogens is 4. The van der Waals surface area contributed by atoms with E-state index < -0.39 is 0 Å². The number of amidine groups is 1. The van der Waals surface area contributed by atoms with E-state index in [1.54, 1.807) is 21.3 Å². The molecule has 34 heavy (non-hydrogen) atoms. The first-order valence-electron chi connectivity index (χ1n) is 10.7. The number of methoxy groups -OCH3 is 2. The summed E-state index contributed by atoms with van der Waals surface area (Å²) >= 11 is 1.25. The molecule has 0 spiro atoms. The summed E-state index contributed by atoms with van der Waals surface area (Å²) < 4.78 is 12.4. The Morgan fingerprint density at radius 1 is 1.09 bits per heavy atom. The Morgan fingerprint density at radius 2 is 1.82 bits per heavy atom. The number of nitrogens with zero attached hydrogens (tertiary/aromatic N) is 6. The zero-order valence-corrected chi connectivity index (χ0v) is 20.2. The Labute approximate surface area is 201 Å². The molecule has 1 N–H and O–H groups in total. The molecule has 1 atom stereocenters. The largest absolute Gasteiger partial charge is 0.493 e. The van der Waals surface area contributed by atoms with Crippen molar-refractivity contribution in [3.63, 3.8) is 0 Å². The summed E-state index contributed by atoms with van der Waals surface area (Å²) in [7, 11) is 4.91. The molecule has 2 heterocycles. The number of nitrogens with one attached hydrogen (secondary N) is 1. The molecule has 0 saturated heterocycles. The second-order valence-corrected chi connectivity index (χ2v) is 8.35. The van der Waals surface area contributed by atoms with Gasteiger partial charge in [0, 0.05) is 12.8 Å². The van der Waals surface area contributed by atoms with Crippen LogP contribution in [-0.4, -0.2) is 57.6 Å². The molecular weight excluding hydrogens is 454 g/mol. The van der Waals surface area contributed by atoms with E-state index in [1.165, 1.54) is 16.4 Å². The van der Waals surface area contributed by atoms with Gasteiger partial charge in [0.15, 0.2) is 11.5 Å². The van der Waals surface area contributed by atoms with E-state index in [9.17, 15) is 4.79 Å². The van der Waals surface area contributed by atoms with Crippen LogP contribution in [0.15, 0.2) is 57.6 Å². The van der Waals surface area contributed by atoms with Gasteiger partial charge >= 0.3 is 0 Å². The molecule has 11 heteroatoms. The Hall–Kier alpha value is -3.73. The number of ether oxygens (including phenoxy) is 2. The molecule has 3 aromatic rings. The van der Waals surface area contributed by atoms with Crippen LogP contribution in [0.2, 0.25) is 0 Å². The zero-order chi connectivity index (χ0) is 24.1. The average molecular weight is 480 g/mol. The van der Waals surface area contributed by atoms with Crippen molar-refractivity contribution in [2.24, 2.45) is 17.0 Å². The van der Waals surface area contributed by atoms with Crippen molar-refractivity contribution in [3.8, 4) is 11.5 Å². The average Bonchev–Trinajstić information content (AvgIpc) is 3.19. The molecule has 1 amide bonds. The SMILES string of the molecule is CCC1=Nc2ccccc2N=C(NC(=O)CSc2nnnn2C)[C@@H]1c1ccc(OC)c(OC)c1. The first-order valence-corrected chi connectivity index (χ1v) is 11.6. The predicted octanol–water partition coefficient (Wildman–Crippen LogP) is 3.45. The van der Waals surface area contributed by atoms with Crippen molar-refractivity contribution >= 4 is 40.6 Å². The van der Waals surface area contributed by atoms with Gasteiger partial charge < -0.3 is 14.8 Å². The highest BCUT2D eigenvalue weighted by atomic mass is 32.2. The van der Waals surface area contributed by atoms with Crippen LogP contribution in [0.25, 0.3) is 0 Å². The first kappa shape index (κ1) is 23.4. The molecule has 176 valence electrons. The van der Waals surface area contributed by atoms with Gasteiger partial charge in [-0.3, -0.25) is 9.79 Å². The number of rotatable bonds is 7. The third kappa shape index (κ3) is 4.93. The minimum Gasteiger partial charge on any atom is -0.493 e. The molecule has 1 aromatic heterocycles. The summed E-state index contributed by atoms with van der Waals surface area (Å²) in [6, 6.07) is 13.3. The lowest BCUT2D eigenvalue weighted by atomic mass is 9.90. The number of carbonyl (C=O) groups is 1.